The van der Waals surface area contributed by atoms with Crippen LogP contribution in [-0.4, -0.2) is 34.6 Å². The van der Waals surface area contributed by atoms with E-state index in [0.717, 1.165) is 12.3 Å². The molecule has 134 valence electrons. The van der Waals surface area contributed by atoms with Crippen LogP contribution in [0, 0.1) is 17.7 Å². The maximum absolute atomic E-state index is 14.1. The smallest absolute Gasteiger partial charge is 0.218 e. The number of hydrazine groups is 1. The zero-order valence-electron chi connectivity index (χ0n) is 14.7. The number of benzene rings is 1. The molecule has 1 aliphatic carbocycles. The van der Waals surface area contributed by atoms with Gasteiger partial charge in [-0.25, -0.2) is 19.4 Å². The predicted molar refractivity (Wildman–Crippen MR) is 91.9 cm³/mol. The molecule has 0 aromatic heterocycles. The topological polar surface area (TPSA) is 95.5 Å². The zero-order valence-corrected chi connectivity index (χ0v) is 14.7. The molecule has 2 heterocycles. The third kappa shape index (κ3) is 2.27. The number of aliphatic hydroxyl groups is 1. The molecule has 3 unspecified atom stereocenters. The highest BCUT2D eigenvalue weighted by Crippen LogP contribution is 2.51. The van der Waals surface area contributed by atoms with E-state index in [0.29, 0.717) is 17.0 Å². The monoisotopic (exact) mass is 347 g/mol. The third-order valence-electron chi connectivity index (χ3n) is 5.27. The van der Waals surface area contributed by atoms with Crippen molar-refractivity contribution in [3.8, 4) is 5.75 Å². The molecule has 3 atom stereocenters. The molecular formula is C17H22FN5O2. The average Bonchev–Trinajstić information content (AvgIpc) is 3.25. The molecular weight excluding hydrogens is 325 g/mol. The summed E-state index contributed by atoms with van der Waals surface area (Å²) in [4.78, 5) is 9.18. The van der Waals surface area contributed by atoms with E-state index in [-0.39, 0.29) is 17.8 Å². The molecule has 1 aromatic rings. The Hall–Kier alpha value is -2.35. The van der Waals surface area contributed by atoms with Gasteiger partial charge in [0.15, 0.2) is 5.66 Å². The van der Waals surface area contributed by atoms with Gasteiger partial charge in [-0.15, -0.1) is 0 Å². The fraction of sp³-hybridized carbons (Fsp3) is 0.529. The number of fused-ring (bicyclic) bond motifs is 3. The van der Waals surface area contributed by atoms with E-state index in [1.54, 1.807) is 18.9 Å². The highest BCUT2D eigenvalue weighted by atomic mass is 19.1. The summed E-state index contributed by atoms with van der Waals surface area (Å²) in [5.74, 6) is 1.13. The second kappa shape index (κ2) is 4.85. The molecule has 1 fully saturated rings. The van der Waals surface area contributed by atoms with Gasteiger partial charge in [0.1, 0.15) is 23.1 Å². The minimum Gasteiger partial charge on any atom is -0.494 e. The van der Waals surface area contributed by atoms with Crippen LogP contribution in [0.25, 0.3) is 0 Å². The molecule has 1 saturated carbocycles. The first-order valence-corrected chi connectivity index (χ1v) is 8.26. The summed E-state index contributed by atoms with van der Waals surface area (Å²) in [6.07, 6.45) is 0.843. The highest BCUT2D eigenvalue weighted by molar-refractivity contribution is 5.95. The van der Waals surface area contributed by atoms with Crippen molar-refractivity contribution >= 4 is 17.5 Å². The van der Waals surface area contributed by atoms with Gasteiger partial charge in [0.25, 0.3) is 0 Å². The summed E-state index contributed by atoms with van der Waals surface area (Å²) >= 11 is 0. The number of nitrogens with one attached hydrogen (secondary N) is 1. The Balaban J connectivity index is 1.79. The van der Waals surface area contributed by atoms with Crippen molar-refractivity contribution < 1.29 is 14.2 Å². The number of methoxy groups -OCH3 is 1. The lowest BCUT2D eigenvalue weighted by atomic mass is 9.97. The summed E-state index contributed by atoms with van der Waals surface area (Å²) in [5.41, 5.74) is 8.71. The Labute approximate surface area is 145 Å². The fourth-order valence-electron chi connectivity index (χ4n) is 3.81. The molecule has 0 saturated heterocycles. The van der Waals surface area contributed by atoms with Gasteiger partial charge in [0.05, 0.1) is 12.7 Å². The number of ether oxygens (including phenoxy) is 1. The number of nitrogens with two attached hydrogens (primary N) is 1. The molecule has 7 nitrogen and oxygen atoms in total. The van der Waals surface area contributed by atoms with Gasteiger partial charge in [-0.1, -0.05) is 0 Å². The van der Waals surface area contributed by atoms with E-state index in [9.17, 15) is 9.50 Å². The standard InChI is InChI=1S/C17H22FN5O2/c1-16(2,24)10-7-9(10)14-21-17(3)11-5-8(18)6-12(25-4)13(11)20-15(19)23(17)22-14/h5-6,9-10,24H,7H2,1-4H3,(H2,19,20)(H,21,22). The molecule has 0 bridgehead atoms. The number of nitrogens with zero attached hydrogens (tertiary/aromatic N) is 3. The largest absolute Gasteiger partial charge is 0.494 e. The lowest BCUT2D eigenvalue weighted by molar-refractivity contribution is 0.0539. The maximum Gasteiger partial charge on any atom is 0.218 e. The number of hydrogen-bond donors (Lipinski definition) is 3. The Bertz CT molecular complexity index is 816. The van der Waals surface area contributed by atoms with Crippen LogP contribution in [-0.2, 0) is 5.66 Å². The molecule has 4 N–H and O–H groups in total. The summed E-state index contributed by atoms with van der Waals surface area (Å²) in [6, 6.07) is 2.70. The molecule has 0 radical (unpaired) electrons. The van der Waals surface area contributed by atoms with Crippen molar-refractivity contribution in [1.82, 2.24) is 10.4 Å². The molecule has 4 rings (SSSR count). The normalized spacial score (nSPS) is 30.1. The van der Waals surface area contributed by atoms with Crippen molar-refractivity contribution in [3.63, 3.8) is 0 Å². The number of rotatable bonds is 3. The molecule has 1 aromatic carbocycles. The van der Waals surface area contributed by atoms with Gasteiger partial charge in [-0.05, 0) is 39.2 Å². The molecule has 8 heteroatoms. The molecule has 0 spiro atoms. The summed E-state index contributed by atoms with van der Waals surface area (Å²) in [7, 11) is 1.47. The van der Waals surface area contributed by atoms with Crippen LogP contribution in [0.4, 0.5) is 10.1 Å². The van der Waals surface area contributed by atoms with Crippen LogP contribution in [0.1, 0.15) is 32.8 Å². The van der Waals surface area contributed by atoms with Crippen molar-refractivity contribution in [2.75, 3.05) is 7.11 Å². The number of amidine groups is 1. The SMILES string of the molecule is COc1cc(F)cc2c1N=C(N)N1NC(C3CC3C(C)(C)O)=NC21C. The van der Waals surface area contributed by atoms with Crippen LogP contribution in [0.15, 0.2) is 22.1 Å². The number of aliphatic imine (C=N–C) groups is 2. The third-order valence-corrected chi connectivity index (χ3v) is 5.27. The number of hydrogen-bond acceptors (Lipinski definition) is 7. The second-order valence-electron chi connectivity index (χ2n) is 7.54. The van der Waals surface area contributed by atoms with Gasteiger partial charge in [0, 0.05) is 17.5 Å². The van der Waals surface area contributed by atoms with Gasteiger partial charge < -0.3 is 15.6 Å². The van der Waals surface area contributed by atoms with Gasteiger partial charge in [0.2, 0.25) is 5.96 Å². The Kier molecular flexibility index (Phi) is 3.13. The molecule has 3 aliphatic rings. The molecule has 25 heavy (non-hydrogen) atoms. The van der Waals surface area contributed by atoms with E-state index in [1.165, 1.54) is 19.2 Å². The summed E-state index contributed by atoms with van der Waals surface area (Å²) in [6.45, 7) is 5.45. The number of guanidine groups is 1. The van der Waals surface area contributed by atoms with Crippen LogP contribution in [0.2, 0.25) is 0 Å². The first-order valence-electron chi connectivity index (χ1n) is 8.26. The Morgan fingerprint density at radius 1 is 1.48 bits per heavy atom. The molecule has 2 aliphatic heterocycles. The van der Waals surface area contributed by atoms with E-state index in [1.807, 2.05) is 6.92 Å². The van der Waals surface area contributed by atoms with Gasteiger partial charge in [-0.3, -0.25) is 5.43 Å². The lowest BCUT2D eigenvalue weighted by Gasteiger charge is -2.37. The van der Waals surface area contributed by atoms with E-state index >= 15 is 0 Å². The lowest BCUT2D eigenvalue weighted by Crippen LogP contribution is -2.55. The second-order valence-corrected chi connectivity index (χ2v) is 7.54. The van der Waals surface area contributed by atoms with Crippen molar-refractivity contribution in [2.24, 2.45) is 27.6 Å². The first kappa shape index (κ1) is 16.1. The maximum atomic E-state index is 14.1. The van der Waals surface area contributed by atoms with Crippen molar-refractivity contribution in [3.05, 3.63) is 23.5 Å². The van der Waals surface area contributed by atoms with Crippen LogP contribution in [0.3, 0.4) is 0 Å². The predicted octanol–water partition coefficient (Wildman–Crippen LogP) is 1.59. The van der Waals surface area contributed by atoms with E-state index < -0.39 is 17.1 Å². The first-order chi connectivity index (χ1) is 11.6. The number of halogens is 1. The summed E-state index contributed by atoms with van der Waals surface area (Å²) < 4.78 is 19.3. The fourth-order valence-corrected chi connectivity index (χ4v) is 3.81. The Morgan fingerprint density at radius 2 is 2.20 bits per heavy atom. The zero-order chi connectivity index (χ0) is 18.1. The quantitative estimate of drug-likeness (QED) is 0.772. The molecule has 0 amide bonds. The van der Waals surface area contributed by atoms with Gasteiger partial charge in [-0.2, -0.15) is 0 Å². The van der Waals surface area contributed by atoms with Gasteiger partial charge >= 0.3 is 0 Å². The summed E-state index contributed by atoms with van der Waals surface area (Å²) in [5, 5.41) is 11.9. The van der Waals surface area contributed by atoms with Crippen LogP contribution < -0.4 is 15.9 Å². The van der Waals surface area contributed by atoms with E-state index in [2.05, 4.69) is 10.4 Å². The van der Waals surface area contributed by atoms with Crippen LogP contribution >= 0.6 is 0 Å². The highest BCUT2D eigenvalue weighted by Gasteiger charge is 2.55. The minimum atomic E-state index is -0.918. The van der Waals surface area contributed by atoms with Crippen molar-refractivity contribution in [1.29, 1.82) is 0 Å². The average molecular weight is 347 g/mol. The van der Waals surface area contributed by atoms with E-state index in [4.69, 9.17) is 15.5 Å². The Morgan fingerprint density at radius 3 is 2.80 bits per heavy atom. The minimum absolute atomic E-state index is 0.120. The van der Waals surface area contributed by atoms with Crippen molar-refractivity contribution in [2.45, 2.75) is 38.5 Å². The van der Waals surface area contributed by atoms with Crippen LogP contribution in [0.5, 0.6) is 5.75 Å².